The van der Waals surface area contributed by atoms with Crippen LogP contribution in [0.15, 0.2) is 79.1 Å². The number of H-pyrrole nitrogens is 1. The van der Waals surface area contributed by atoms with Gasteiger partial charge in [0.15, 0.2) is 12.4 Å². The van der Waals surface area contributed by atoms with E-state index in [-0.39, 0.29) is 35.2 Å². The molecule has 0 aliphatic carbocycles. The zero-order valence-corrected chi connectivity index (χ0v) is 29.6. The number of carbonyl (C=O) groups is 4. The van der Waals surface area contributed by atoms with Crippen molar-refractivity contribution in [2.75, 3.05) is 12.3 Å². The van der Waals surface area contributed by atoms with E-state index in [2.05, 4.69) is 31.6 Å². The van der Waals surface area contributed by atoms with Crippen molar-refractivity contribution in [2.24, 2.45) is 5.41 Å². The summed E-state index contributed by atoms with van der Waals surface area (Å²) in [7, 11) is 0. The summed E-state index contributed by atoms with van der Waals surface area (Å²) in [6, 6.07) is 17.6. The van der Waals surface area contributed by atoms with Crippen LogP contribution in [-0.2, 0) is 20.8 Å². The predicted molar refractivity (Wildman–Crippen MR) is 192 cm³/mol. The van der Waals surface area contributed by atoms with Gasteiger partial charge in [0.1, 0.15) is 12.1 Å². The monoisotopic (exact) mass is 672 g/mol. The lowest BCUT2D eigenvalue weighted by Gasteiger charge is -2.29. The third-order valence-corrected chi connectivity index (χ3v) is 8.16. The molecule has 11 heteroatoms. The normalized spacial score (nSPS) is 14.4. The summed E-state index contributed by atoms with van der Waals surface area (Å²) in [6.07, 6.45) is 5.24. The Kier molecular flexibility index (Phi) is 14.8. The van der Waals surface area contributed by atoms with Crippen LogP contribution in [-0.4, -0.2) is 54.3 Å². The van der Waals surface area contributed by atoms with Crippen molar-refractivity contribution in [3.8, 4) is 0 Å². The molecular weight excluding hydrogens is 618 g/mol. The van der Waals surface area contributed by atoms with Crippen LogP contribution in [0.4, 0.5) is 5.69 Å². The van der Waals surface area contributed by atoms with Gasteiger partial charge >= 0.3 is 0 Å². The highest BCUT2D eigenvalue weighted by atomic mass is 16.2. The summed E-state index contributed by atoms with van der Waals surface area (Å²) >= 11 is 0. The molecule has 8 N–H and O–H groups in total. The van der Waals surface area contributed by atoms with Crippen LogP contribution >= 0.6 is 0 Å². The van der Waals surface area contributed by atoms with Crippen molar-refractivity contribution >= 4 is 29.3 Å². The summed E-state index contributed by atoms with van der Waals surface area (Å²) in [6.45, 7) is 11.9. The Morgan fingerprint density at radius 1 is 0.776 bits per heavy atom. The van der Waals surface area contributed by atoms with Crippen molar-refractivity contribution < 1.29 is 24.2 Å². The van der Waals surface area contributed by atoms with Crippen molar-refractivity contribution in [3.63, 3.8) is 0 Å². The first-order chi connectivity index (χ1) is 23.3. The third-order valence-electron chi connectivity index (χ3n) is 8.16. The molecule has 0 spiro atoms. The summed E-state index contributed by atoms with van der Waals surface area (Å²) in [5.74, 6) is -1.29. The number of nitrogens with one attached hydrogen (secondary N) is 6. The average Bonchev–Trinajstić information content (AvgIpc) is 3.06. The van der Waals surface area contributed by atoms with Gasteiger partial charge in [0.25, 0.3) is 5.91 Å². The first-order valence-electron chi connectivity index (χ1n) is 17.1. The van der Waals surface area contributed by atoms with Crippen LogP contribution in [0, 0.1) is 5.41 Å². The van der Waals surface area contributed by atoms with E-state index in [1.165, 1.54) is 0 Å². The van der Waals surface area contributed by atoms with E-state index in [0.717, 1.165) is 11.1 Å². The summed E-state index contributed by atoms with van der Waals surface area (Å²) in [5, 5.41) is 15.2. The van der Waals surface area contributed by atoms with Gasteiger partial charge in [-0.3, -0.25) is 19.2 Å². The van der Waals surface area contributed by atoms with Gasteiger partial charge in [0.2, 0.25) is 17.7 Å². The van der Waals surface area contributed by atoms with Crippen LogP contribution in [0.1, 0.15) is 88.3 Å². The van der Waals surface area contributed by atoms with Crippen LogP contribution in [0.2, 0.25) is 0 Å². The van der Waals surface area contributed by atoms with Crippen LogP contribution in [0.25, 0.3) is 0 Å². The molecule has 0 bridgehead atoms. The zero-order chi connectivity index (χ0) is 36.0. The highest BCUT2D eigenvalue weighted by molar-refractivity contribution is 5.98. The molecule has 264 valence electrons. The summed E-state index contributed by atoms with van der Waals surface area (Å²) < 4.78 is 0. The number of aromatic nitrogens is 1. The highest BCUT2D eigenvalue weighted by Crippen LogP contribution is 2.21. The molecule has 49 heavy (non-hydrogen) atoms. The molecule has 2 aromatic carbocycles. The molecule has 1 heterocycles. The molecule has 0 fully saturated rings. The fourth-order valence-corrected chi connectivity index (χ4v) is 5.42. The second-order valence-electron chi connectivity index (χ2n) is 13.9. The zero-order valence-electron chi connectivity index (χ0n) is 29.6. The number of hydrogen-bond acceptors (Lipinski definition) is 6. The van der Waals surface area contributed by atoms with Gasteiger partial charge in [-0.05, 0) is 61.8 Å². The van der Waals surface area contributed by atoms with Crippen molar-refractivity contribution in [1.29, 1.82) is 0 Å². The Labute approximate surface area is 290 Å². The van der Waals surface area contributed by atoms with Crippen molar-refractivity contribution in [3.05, 3.63) is 95.8 Å². The Bertz CT molecular complexity index is 1490. The molecule has 2 unspecified atom stereocenters. The predicted octanol–water partition coefficient (Wildman–Crippen LogP) is 3.49. The first kappa shape index (κ1) is 38.7. The lowest BCUT2D eigenvalue weighted by atomic mass is 9.87. The van der Waals surface area contributed by atoms with E-state index in [0.29, 0.717) is 43.5 Å². The lowest BCUT2D eigenvalue weighted by Crippen LogP contribution is -2.57. The van der Waals surface area contributed by atoms with Crippen LogP contribution in [0.5, 0.6) is 0 Å². The van der Waals surface area contributed by atoms with Crippen molar-refractivity contribution in [1.82, 2.24) is 26.6 Å². The minimum atomic E-state index is -0.847. The second-order valence-corrected chi connectivity index (χ2v) is 13.9. The number of rotatable bonds is 17. The maximum absolute atomic E-state index is 13.8. The lowest BCUT2D eigenvalue weighted by molar-refractivity contribution is -0.378. The first-order valence-corrected chi connectivity index (χ1v) is 17.1. The molecule has 3 aromatic rings. The van der Waals surface area contributed by atoms with Gasteiger partial charge in [-0.1, -0.05) is 76.6 Å². The minimum Gasteiger partial charge on any atom is -0.399 e. The standard InChI is InChI=1S/C38H53N7O4/c1-7-11-32(44-37(49)33(23-38(4,5)6)45-35(47)29-18-20-40-21-19-29)36(48)43-31(22-27-12-9-8-10-13-27)24-41-26(3)34(46)42-25(2)28-14-16-30(39)17-15-28/h8-10,12-21,25-26,31-33,41H,7,11,22-24,39H2,1-6H3,(H,42,46)(H,43,48)(H,44,49)(H,45,47)/p+1/t25-,26+,31?,32+,33?/m1/s1. The van der Waals surface area contributed by atoms with Gasteiger partial charge in [0.05, 0.1) is 17.6 Å². The number of pyridine rings is 1. The van der Waals surface area contributed by atoms with E-state index in [1.54, 1.807) is 43.6 Å². The van der Waals surface area contributed by atoms with E-state index < -0.39 is 24.0 Å². The molecule has 0 saturated heterocycles. The molecule has 0 radical (unpaired) electrons. The molecule has 0 aliphatic rings. The van der Waals surface area contributed by atoms with Crippen LogP contribution < -0.4 is 37.3 Å². The summed E-state index contributed by atoms with van der Waals surface area (Å²) in [4.78, 5) is 56.4. The molecule has 1 aromatic heterocycles. The highest BCUT2D eigenvalue weighted by Gasteiger charge is 2.31. The number of carbonyl (C=O) groups excluding carboxylic acids is 4. The molecule has 0 aliphatic heterocycles. The third kappa shape index (κ3) is 13.3. The van der Waals surface area contributed by atoms with Crippen molar-refractivity contribution in [2.45, 2.75) is 97.4 Å². The van der Waals surface area contributed by atoms with Gasteiger partial charge in [-0.15, -0.1) is 0 Å². The number of aromatic amines is 1. The minimum absolute atomic E-state index is 0.175. The molecule has 11 nitrogen and oxygen atoms in total. The largest absolute Gasteiger partial charge is 0.399 e. The Morgan fingerprint density at radius 3 is 2.02 bits per heavy atom. The average molecular weight is 673 g/mol. The Morgan fingerprint density at radius 2 is 1.41 bits per heavy atom. The van der Waals surface area contributed by atoms with Gasteiger partial charge in [-0.25, -0.2) is 4.98 Å². The fraction of sp³-hybridized carbons (Fsp3) is 0.447. The maximum Gasteiger partial charge on any atom is 0.252 e. The Balaban J connectivity index is 1.70. The second kappa shape index (κ2) is 18.7. The maximum atomic E-state index is 13.8. The molecule has 0 saturated carbocycles. The number of hydrogen-bond donors (Lipinski definition) is 6. The molecule has 4 amide bonds. The number of benzene rings is 2. The number of nitrogen functional groups attached to an aromatic ring is 1. The number of anilines is 1. The van der Waals surface area contributed by atoms with Gasteiger partial charge in [0, 0.05) is 30.4 Å². The molecule has 5 atom stereocenters. The SMILES string of the molecule is CCC[C@H](NC(=O)C(CC(C)(C)C)NC(=O)c1cc[nH+]cc1)C(=O)NC(CN[C@@H](C)C(=O)N[C@H](C)c1ccc(N)cc1)Cc1ccccc1. The van der Waals surface area contributed by atoms with E-state index in [1.807, 2.05) is 77.1 Å². The fourth-order valence-electron chi connectivity index (χ4n) is 5.42. The molecular formula is C38H54N7O4+. The Hall–Kier alpha value is -4.77. The van der Waals surface area contributed by atoms with E-state index in [9.17, 15) is 19.2 Å². The quantitative estimate of drug-likeness (QED) is 0.120. The van der Waals surface area contributed by atoms with E-state index >= 15 is 0 Å². The number of nitrogens with two attached hydrogens (primary N) is 1. The topological polar surface area (TPSA) is 169 Å². The molecule has 3 rings (SSSR count). The van der Waals surface area contributed by atoms with Gasteiger partial charge < -0.3 is 32.3 Å². The number of amides is 4. The van der Waals surface area contributed by atoms with E-state index in [4.69, 9.17) is 5.73 Å². The van der Waals surface area contributed by atoms with Gasteiger partial charge in [-0.2, -0.15) is 0 Å². The summed E-state index contributed by atoms with van der Waals surface area (Å²) in [5.41, 5.74) is 8.57. The smallest absolute Gasteiger partial charge is 0.252 e. The van der Waals surface area contributed by atoms with Crippen LogP contribution in [0.3, 0.4) is 0 Å².